The van der Waals surface area contributed by atoms with E-state index in [4.69, 9.17) is 4.74 Å². The lowest BCUT2D eigenvalue weighted by molar-refractivity contribution is -0.150. The van der Waals surface area contributed by atoms with Crippen molar-refractivity contribution in [1.29, 1.82) is 0 Å². The molecular formula is C9H16O2. The summed E-state index contributed by atoms with van der Waals surface area (Å²) >= 11 is 0. The smallest absolute Gasteiger partial charge is 0.308 e. The van der Waals surface area contributed by atoms with Gasteiger partial charge in [-0.3, -0.25) is 4.79 Å². The summed E-state index contributed by atoms with van der Waals surface area (Å²) in [7, 11) is 0. The topological polar surface area (TPSA) is 26.3 Å². The minimum atomic E-state index is -0.0165. The van der Waals surface area contributed by atoms with Gasteiger partial charge in [-0.15, -0.1) is 0 Å². The lowest BCUT2D eigenvalue weighted by Crippen LogP contribution is -2.27. The Balaban J connectivity index is 2.27. The van der Waals surface area contributed by atoms with E-state index in [1.54, 1.807) is 0 Å². The fourth-order valence-electron chi connectivity index (χ4n) is 1.41. The second-order valence-electron chi connectivity index (χ2n) is 3.23. The van der Waals surface area contributed by atoms with Gasteiger partial charge in [0.2, 0.25) is 0 Å². The molecule has 0 aromatic rings. The van der Waals surface area contributed by atoms with Crippen molar-refractivity contribution in [3.05, 3.63) is 0 Å². The monoisotopic (exact) mass is 156 g/mol. The normalized spacial score (nSPS) is 20.5. The zero-order valence-electron chi connectivity index (χ0n) is 7.30. The van der Waals surface area contributed by atoms with Crippen LogP contribution in [0.2, 0.25) is 0 Å². The van der Waals surface area contributed by atoms with Crippen LogP contribution in [0, 0.1) is 11.8 Å². The summed E-state index contributed by atoms with van der Waals surface area (Å²) in [5.74, 6) is 0.718. The highest BCUT2D eigenvalue weighted by molar-refractivity contribution is 5.72. The minimum absolute atomic E-state index is 0.0165. The van der Waals surface area contributed by atoms with Crippen LogP contribution in [0.3, 0.4) is 0 Å². The number of ether oxygens (including phenoxy) is 1. The summed E-state index contributed by atoms with van der Waals surface area (Å²) < 4.78 is 4.92. The van der Waals surface area contributed by atoms with Gasteiger partial charge in [0.05, 0.1) is 12.5 Å². The van der Waals surface area contributed by atoms with Gasteiger partial charge in [0, 0.05) is 0 Å². The summed E-state index contributed by atoms with van der Waals surface area (Å²) in [6, 6.07) is 0. The Morgan fingerprint density at radius 3 is 2.64 bits per heavy atom. The van der Waals surface area contributed by atoms with Crippen molar-refractivity contribution in [1.82, 2.24) is 0 Å². The molecule has 1 rings (SSSR count). The first-order valence-electron chi connectivity index (χ1n) is 4.42. The van der Waals surface area contributed by atoms with Gasteiger partial charge in [-0.05, 0) is 25.7 Å². The third-order valence-electron chi connectivity index (χ3n) is 2.52. The number of carbonyl (C=O) groups excluding carboxylic acids is 1. The van der Waals surface area contributed by atoms with Gasteiger partial charge in [0.15, 0.2) is 0 Å². The largest absolute Gasteiger partial charge is 0.466 e. The molecule has 0 aromatic heterocycles. The number of hydrogen-bond donors (Lipinski definition) is 0. The second kappa shape index (κ2) is 3.74. The van der Waals surface area contributed by atoms with E-state index in [0.717, 1.165) is 0 Å². The highest BCUT2D eigenvalue weighted by atomic mass is 16.5. The van der Waals surface area contributed by atoms with Gasteiger partial charge < -0.3 is 4.74 Å². The Bertz CT molecular complexity index is 138. The Labute approximate surface area is 67.9 Å². The van der Waals surface area contributed by atoms with Crippen LogP contribution in [0.5, 0.6) is 0 Å². The molecule has 0 saturated heterocycles. The molecule has 0 radical (unpaired) electrons. The van der Waals surface area contributed by atoms with Crippen molar-refractivity contribution in [2.24, 2.45) is 11.8 Å². The predicted molar refractivity (Wildman–Crippen MR) is 43.1 cm³/mol. The van der Waals surface area contributed by atoms with Crippen LogP contribution in [0.4, 0.5) is 0 Å². The van der Waals surface area contributed by atoms with Crippen LogP contribution in [-0.4, -0.2) is 12.6 Å². The molecule has 2 heteroatoms. The van der Waals surface area contributed by atoms with Gasteiger partial charge in [0.25, 0.3) is 0 Å². The number of hydrogen-bond acceptors (Lipinski definition) is 2. The molecule has 1 aliphatic rings. The van der Waals surface area contributed by atoms with Crippen LogP contribution in [-0.2, 0) is 9.53 Å². The van der Waals surface area contributed by atoms with Crippen LogP contribution in [0.25, 0.3) is 0 Å². The molecule has 0 unspecified atom stereocenters. The Hall–Kier alpha value is -0.530. The van der Waals surface area contributed by atoms with E-state index in [-0.39, 0.29) is 11.9 Å². The first kappa shape index (κ1) is 8.57. The van der Waals surface area contributed by atoms with Gasteiger partial charge >= 0.3 is 5.97 Å². The molecule has 2 nitrogen and oxygen atoms in total. The van der Waals surface area contributed by atoms with Crippen LogP contribution in [0.1, 0.15) is 33.1 Å². The zero-order valence-corrected chi connectivity index (χ0v) is 7.30. The van der Waals surface area contributed by atoms with Gasteiger partial charge in [-0.1, -0.05) is 13.3 Å². The van der Waals surface area contributed by atoms with Crippen molar-refractivity contribution >= 4 is 5.97 Å². The molecule has 0 heterocycles. The molecule has 1 saturated carbocycles. The maximum Gasteiger partial charge on any atom is 0.308 e. The predicted octanol–water partition coefficient (Wildman–Crippen LogP) is 1.99. The van der Waals surface area contributed by atoms with Crippen molar-refractivity contribution in [3.8, 4) is 0 Å². The average molecular weight is 156 g/mol. The molecule has 0 amide bonds. The maximum absolute atomic E-state index is 11.2. The summed E-state index contributed by atoms with van der Waals surface area (Å²) in [5.41, 5.74) is 0. The van der Waals surface area contributed by atoms with E-state index in [0.29, 0.717) is 12.5 Å². The quantitative estimate of drug-likeness (QED) is 0.584. The molecule has 0 spiro atoms. The minimum Gasteiger partial charge on any atom is -0.466 e. The molecule has 0 aromatic carbocycles. The van der Waals surface area contributed by atoms with E-state index < -0.39 is 0 Å². The van der Waals surface area contributed by atoms with Gasteiger partial charge in [-0.25, -0.2) is 0 Å². The average Bonchev–Trinajstić information content (AvgIpc) is 1.84. The molecule has 11 heavy (non-hydrogen) atoms. The molecule has 1 fully saturated rings. The maximum atomic E-state index is 11.2. The lowest BCUT2D eigenvalue weighted by Gasteiger charge is -2.29. The molecule has 0 bridgehead atoms. The van der Waals surface area contributed by atoms with Crippen LogP contribution in [0.15, 0.2) is 0 Å². The molecule has 64 valence electrons. The van der Waals surface area contributed by atoms with Crippen molar-refractivity contribution in [3.63, 3.8) is 0 Å². The first-order chi connectivity index (χ1) is 5.25. The van der Waals surface area contributed by atoms with E-state index in [9.17, 15) is 4.79 Å². The van der Waals surface area contributed by atoms with E-state index in [2.05, 4.69) is 0 Å². The lowest BCUT2D eigenvalue weighted by atomic mass is 9.77. The molecule has 1 atom stereocenters. The van der Waals surface area contributed by atoms with Gasteiger partial charge in [0.1, 0.15) is 0 Å². The third-order valence-corrected chi connectivity index (χ3v) is 2.52. The fraction of sp³-hybridized carbons (Fsp3) is 0.889. The SMILES string of the molecule is CCOC(=O)[C@@H](C)C1CCC1. The van der Waals surface area contributed by atoms with E-state index >= 15 is 0 Å². The summed E-state index contributed by atoms with van der Waals surface area (Å²) in [6.45, 7) is 4.34. The van der Waals surface area contributed by atoms with Crippen molar-refractivity contribution < 1.29 is 9.53 Å². The van der Waals surface area contributed by atoms with Crippen molar-refractivity contribution in [2.45, 2.75) is 33.1 Å². The van der Waals surface area contributed by atoms with Crippen LogP contribution < -0.4 is 0 Å². The standard InChI is InChI=1S/C9H16O2/c1-3-11-9(10)7(2)8-5-4-6-8/h7-8H,3-6H2,1-2H3/t7-/m0/s1. The Kier molecular flexibility index (Phi) is 2.92. The summed E-state index contributed by atoms with van der Waals surface area (Å²) in [6.07, 6.45) is 3.70. The highest BCUT2D eigenvalue weighted by Gasteiger charge is 2.29. The molecule has 0 N–H and O–H groups in total. The highest BCUT2D eigenvalue weighted by Crippen LogP contribution is 2.33. The third kappa shape index (κ3) is 1.95. The first-order valence-corrected chi connectivity index (χ1v) is 4.42. The molecule has 1 aliphatic carbocycles. The zero-order chi connectivity index (χ0) is 8.27. The Morgan fingerprint density at radius 2 is 2.27 bits per heavy atom. The second-order valence-corrected chi connectivity index (χ2v) is 3.23. The number of carbonyl (C=O) groups is 1. The molecular weight excluding hydrogens is 140 g/mol. The molecule has 0 aliphatic heterocycles. The van der Waals surface area contributed by atoms with Crippen LogP contribution >= 0.6 is 0 Å². The number of esters is 1. The summed E-state index contributed by atoms with van der Waals surface area (Å²) in [4.78, 5) is 11.2. The fourth-order valence-corrected chi connectivity index (χ4v) is 1.41. The van der Waals surface area contributed by atoms with Crippen molar-refractivity contribution in [2.75, 3.05) is 6.61 Å². The Morgan fingerprint density at radius 1 is 1.64 bits per heavy atom. The number of rotatable bonds is 3. The summed E-state index contributed by atoms with van der Waals surface area (Å²) in [5, 5.41) is 0. The van der Waals surface area contributed by atoms with E-state index in [1.165, 1.54) is 19.3 Å². The van der Waals surface area contributed by atoms with Gasteiger partial charge in [-0.2, -0.15) is 0 Å². The van der Waals surface area contributed by atoms with E-state index in [1.807, 2.05) is 13.8 Å².